The molecule has 0 rings (SSSR count). The van der Waals surface area contributed by atoms with Gasteiger partial charge < -0.3 is 15.3 Å². The molecule has 12 heavy (non-hydrogen) atoms. The van der Waals surface area contributed by atoms with Gasteiger partial charge in [-0.2, -0.15) is 0 Å². The van der Waals surface area contributed by atoms with Gasteiger partial charge in [0.15, 0.2) is 18.2 Å². The molecule has 0 unspecified atom stereocenters. The first-order valence-electron chi connectivity index (χ1n) is 3.03. The molecule has 6 nitrogen and oxygen atoms in total. The lowest BCUT2D eigenvalue weighted by Gasteiger charge is -2.11. The van der Waals surface area contributed by atoms with E-state index in [9.17, 15) is 14.4 Å². The molecule has 68 valence electrons. The van der Waals surface area contributed by atoms with Crippen LogP contribution in [-0.4, -0.2) is 52.0 Å². The summed E-state index contributed by atoms with van der Waals surface area (Å²) in [6, 6.07) is 0. The van der Waals surface area contributed by atoms with Gasteiger partial charge in [-0.1, -0.05) is 0 Å². The second-order valence-electron chi connectivity index (χ2n) is 2.03. The van der Waals surface area contributed by atoms with Crippen molar-refractivity contribution in [2.45, 2.75) is 12.2 Å². The lowest BCUT2D eigenvalue weighted by atomic mass is 10.1. The van der Waals surface area contributed by atoms with E-state index in [1.165, 1.54) is 0 Å². The average molecular weight is 176 g/mol. The maximum atomic E-state index is 10.4. The monoisotopic (exact) mass is 176 g/mol. The molecule has 0 fully saturated rings. The van der Waals surface area contributed by atoms with Gasteiger partial charge in [0.1, 0.15) is 12.7 Å². The first-order valence-corrected chi connectivity index (χ1v) is 3.03. The Balaban J connectivity index is 4.27. The first kappa shape index (κ1) is 10.9. The molecular weight excluding hydrogens is 168 g/mol. The molecule has 0 spiro atoms. The lowest BCUT2D eigenvalue weighted by Crippen LogP contribution is -2.41. The van der Waals surface area contributed by atoms with Crippen molar-refractivity contribution in [3.63, 3.8) is 0 Å². The predicted molar refractivity (Wildman–Crippen MR) is 35.2 cm³/mol. The van der Waals surface area contributed by atoms with Crippen LogP contribution >= 0.6 is 0 Å². The summed E-state index contributed by atoms with van der Waals surface area (Å²) in [5.74, 6) is -2.41. The van der Waals surface area contributed by atoms with Gasteiger partial charge in [-0.3, -0.25) is 14.4 Å². The minimum Gasteiger partial charge on any atom is -0.388 e. The average Bonchev–Trinajstić information content (AvgIpc) is 2.12. The highest BCUT2D eigenvalue weighted by Gasteiger charge is 2.28. The van der Waals surface area contributed by atoms with Crippen molar-refractivity contribution in [1.82, 2.24) is 0 Å². The number of Topliss-reactive ketones (excluding diaryl/α,β-unsaturated/α-hetero) is 2. The summed E-state index contributed by atoms with van der Waals surface area (Å²) in [7, 11) is 0. The molecule has 0 aromatic heterocycles. The van der Waals surface area contributed by atoms with Crippen LogP contribution in [0.2, 0.25) is 0 Å². The van der Waals surface area contributed by atoms with Crippen molar-refractivity contribution < 1.29 is 29.7 Å². The van der Waals surface area contributed by atoms with Gasteiger partial charge in [-0.25, -0.2) is 0 Å². The van der Waals surface area contributed by atoms with E-state index in [2.05, 4.69) is 0 Å². The maximum Gasteiger partial charge on any atom is 0.226 e. The molecule has 0 heterocycles. The third kappa shape index (κ3) is 2.50. The summed E-state index contributed by atoms with van der Waals surface area (Å²) >= 11 is 0. The van der Waals surface area contributed by atoms with E-state index in [4.69, 9.17) is 15.3 Å². The standard InChI is InChI=1S/C6H8O6/c7-1-3(9)5(11)6(12)4(10)2-8/h1,5-6,8,11-12H,2H2/t5-,6-/m1/s1. The van der Waals surface area contributed by atoms with Crippen molar-refractivity contribution in [3.8, 4) is 0 Å². The van der Waals surface area contributed by atoms with E-state index in [0.717, 1.165) is 0 Å². The quantitative estimate of drug-likeness (QED) is 0.305. The zero-order valence-electron chi connectivity index (χ0n) is 6.01. The summed E-state index contributed by atoms with van der Waals surface area (Å²) in [4.78, 5) is 30.6. The third-order valence-corrected chi connectivity index (χ3v) is 1.19. The summed E-state index contributed by atoms with van der Waals surface area (Å²) in [5, 5.41) is 25.7. The Kier molecular flexibility index (Phi) is 4.27. The fourth-order valence-electron chi connectivity index (χ4n) is 0.495. The second kappa shape index (κ2) is 4.70. The summed E-state index contributed by atoms with van der Waals surface area (Å²) in [6.45, 7) is -0.996. The van der Waals surface area contributed by atoms with Crippen LogP contribution in [0.25, 0.3) is 0 Å². The van der Waals surface area contributed by atoms with Crippen LogP contribution in [-0.2, 0) is 14.4 Å². The normalized spacial score (nSPS) is 14.9. The van der Waals surface area contributed by atoms with E-state index in [-0.39, 0.29) is 6.29 Å². The van der Waals surface area contributed by atoms with Gasteiger partial charge in [0.2, 0.25) is 5.78 Å². The fourth-order valence-corrected chi connectivity index (χ4v) is 0.495. The molecule has 6 heteroatoms. The third-order valence-electron chi connectivity index (χ3n) is 1.19. The lowest BCUT2D eigenvalue weighted by molar-refractivity contribution is -0.147. The molecule has 0 amide bonds. The molecule has 0 bridgehead atoms. The van der Waals surface area contributed by atoms with Gasteiger partial charge >= 0.3 is 0 Å². The number of aliphatic hydroxyl groups is 3. The Morgan fingerprint density at radius 2 is 1.75 bits per heavy atom. The van der Waals surface area contributed by atoms with Gasteiger partial charge in [-0.05, 0) is 0 Å². The Bertz CT molecular complexity index is 198. The minimum absolute atomic E-state index is 0.210. The minimum atomic E-state index is -2.08. The Morgan fingerprint density at radius 1 is 1.25 bits per heavy atom. The van der Waals surface area contributed by atoms with E-state index >= 15 is 0 Å². The number of rotatable bonds is 5. The molecule has 0 aliphatic carbocycles. The zero-order valence-corrected chi connectivity index (χ0v) is 6.01. The second-order valence-corrected chi connectivity index (χ2v) is 2.03. The number of aldehydes is 1. The highest BCUT2D eigenvalue weighted by molar-refractivity contribution is 6.27. The predicted octanol–water partition coefficient (Wildman–Crippen LogP) is -2.96. The summed E-state index contributed by atoms with van der Waals surface area (Å²) in [6.07, 6.45) is -4.33. The topological polar surface area (TPSA) is 112 Å². The largest absolute Gasteiger partial charge is 0.388 e. The molecule has 0 saturated heterocycles. The molecule has 2 atom stereocenters. The van der Waals surface area contributed by atoms with Crippen molar-refractivity contribution in [2.75, 3.05) is 6.61 Å². The van der Waals surface area contributed by atoms with Crippen LogP contribution in [0.3, 0.4) is 0 Å². The van der Waals surface area contributed by atoms with Crippen LogP contribution in [0.15, 0.2) is 0 Å². The fraction of sp³-hybridized carbons (Fsp3) is 0.500. The van der Waals surface area contributed by atoms with Crippen molar-refractivity contribution in [1.29, 1.82) is 0 Å². The van der Waals surface area contributed by atoms with Crippen LogP contribution in [0.1, 0.15) is 0 Å². The van der Waals surface area contributed by atoms with Crippen molar-refractivity contribution in [3.05, 3.63) is 0 Å². The van der Waals surface area contributed by atoms with Crippen LogP contribution in [0.5, 0.6) is 0 Å². The smallest absolute Gasteiger partial charge is 0.226 e. The molecule has 0 aromatic carbocycles. The molecule has 0 aliphatic rings. The first-order chi connectivity index (χ1) is 5.54. The molecule has 0 aromatic rings. The van der Waals surface area contributed by atoms with Crippen molar-refractivity contribution in [2.24, 2.45) is 0 Å². The molecule has 0 aliphatic heterocycles. The molecule has 0 radical (unpaired) electrons. The molecule has 3 N–H and O–H groups in total. The van der Waals surface area contributed by atoms with E-state index in [0.29, 0.717) is 0 Å². The number of carbonyl (C=O) groups is 3. The number of hydrogen-bond donors (Lipinski definition) is 3. The SMILES string of the molecule is O=CC(=O)[C@@H](O)[C@H](O)C(=O)CO. The Labute approximate surface area is 67.4 Å². The van der Waals surface area contributed by atoms with E-state index in [1.54, 1.807) is 0 Å². The van der Waals surface area contributed by atoms with Gasteiger partial charge in [0, 0.05) is 0 Å². The summed E-state index contributed by atoms with van der Waals surface area (Å²) in [5.41, 5.74) is 0. The molecular formula is C6H8O6. The number of hydrogen-bond acceptors (Lipinski definition) is 6. The highest BCUT2D eigenvalue weighted by atomic mass is 16.3. The maximum absolute atomic E-state index is 10.4. The number of aliphatic hydroxyl groups excluding tert-OH is 3. The van der Waals surface area contributed by atoms with Gasteiger partial charge in [-0.15, -0.1) is 0 Å². The van der Waals surface area contributed by atoms with Crippen molar-refractivity contribution >= 4 is 17.9 Å². The van der Waals surface area contributed by atoms with E-state index < -0.39 is 30.4 Å². The van der Waals surface area contributed by atoms with Crippen LogP contribution in [0.4, 0.5) is 0 Å². The van der Waals surface area contributed by atoms with E-state index in [1.807, 2.05) is 0 Å². The van der Waals surface area contributed by atoms with Crippen LogP contribution in [0, 0.1) is 0 Å². The number of carbonyl (C=O) groups excluding carboxylic acids is 3. The highest BCUT2D eigenvalue weighted by Crippen LogP contribution is 1.95. The molecule has 0 saturated carbocycles. The number of ketones is 2. The van der Waals surface area contributed by atoms with Crippen LogP contribution < -0.4 is 0 Å². The Morgan fingerprint density at radius 3 is 2.08 bits per heavy atom. The Hall–Kier alpha value is -1.11. The zero-order chi connectivity index (χ0) is 9.72. The van der Waals surface area contributed by atoms with Gasteiger partial charge in [0.05, 0.1) is 0 Å². The summed E-state index contributed by atoms with van der Waals surface area (Å²) < 4.78 is 0. The van der Waals surface area contributed by atoms with Gasteiger partial charge in [0.25, 0.3) is 0 Å².